The van der Waals surface area contributed by atoms with Gasteiger partial charge in [0.1, 0.15) is 11.1 Å². The Morgan fingerprint density at radius 2 is 1.76 bits per heavy atom. The monoisotopic (exact) mass is 881 g/mol. The highest BCUT2D eigenvalue weighted by molar-refractivity contribution is 6.33. The number of hydroxylamine groups is 2. The Balaban J connectivity index is 0.800. The second-order valence-electron chi connectivity index (χ2n) is 17.8. The van der Waals surface area contributed by atoms with Gasteiger partial charge in [0.25, 0.3) is 11.8 Å². The molecule has 6 aliphatic heterocycles. The van der Waals surface area contributed by atoms with E-state index in [1.165, 1.54) is 12.1 Å². The fourth-order valence-corrected chi connectivity index (χ4v) is 10.3. The molecule has 4 fully saturated rings. The van der Waals surface area contributed by atoms with Crippen LogP contribution < -0.4 is 30.7 Å². The lowest BCUT2D eigenvalue weighted by atomic mass is 9.86. The number of rotatable bonds is 11. The number of carbonyl (C=O) groups is 6. The number of hydrogen-bond acceptors (Lipinski definition) is 13. The topological polar surface area (TPSA) is 193 Å². The van der Waals surface area contributed by atoms with Gasteiger partial charge in [-0.3, -0.25) is 43.9 Å². The van der Waals surface area contributed by atoms with Gasteiger partial charge in [-0.15, -0.1) is 0 Å². The number of likely N-dealkylation sites (tertiary alicyclic amines) is 1. The molecule has 1 spiro atoms. The van der Waals surface area contributed by atoms with Gasteiger partial charge in [0.15, 0.2) is 12.4 Å². The number of piperidine rings is 2. The van der Waals surface area contributed by atoms with E-state index >= 15 is 0 Å². The summed E-state index contributed by atoms with van der Waals surface area (Å²) in [4.78, 5) is 101. The minimum absolute atomic E-state index is 0.0829. The molecule has 9 rings (SSSR count). The standard InChI is InChI=1S/C44H52ClN11O7/c1-26(2)55-32-8-7-29(19-28(32)22-54(43(55)62)63-23-36(58)46-3)48-38-31(45)20-47-42(50-38)53-18-14-44(25-53)13-17-51(24-44)21-27-11-15-52(16-12-27)33-6-4-5-30-37(33)41(61)56(40(30)60)34-9-10-35(57)49-39(34)59/h4-8,19-20,26-27,34H,9-18,21-25H2,1-3H3,(H,46,58)(H,47,48,50)(H,49,57,59). The molecule has 332 valence electrons. The maximum absolute atomic E-state index is 13.7. The van der Waals surface area contributed by atoms with Gasteiger partial charge < -0.3 is 25.3 Å². The van der Waals surface area contributed by atoms with Gasteiger partial charge in [-0.2, -0.15) is 10.0 Å². The van der Waals surface area contributed by atoms with E-state index in [0.29, 0.717) is 33.8 Å². The molecule has 0 aliphatic carbocycles. The van der Waals surface area contributed by atoms with Gasteiger partial charge in [0.2, 0.25) is 23.7 Å². The minimum Gasteiger partial charge on any atom is -0.371 e. The number of nitrogens with zero attached hydrogens (tertiary/aromatic N) is 8. The molecule has 19 heteroatoms. The van der Waals surface area contributed by atoms with Crippen LogP contribution in [0.4, 0.5) is 33.6 Å². The number of fused-ring (bicyclic) bond motifs is 2. The lowest BCUT2D eigenvalue weighted by Gasteiger charge is -2.38. The fourth-order valence-electron chi connectivity index (χ4n) is 10.1. The van der Waals surface area contributed by atoms with E-state index in [9.17, 15) is 28.8 Å². The number of carbonyl (C=O) groups excluding carboxylic acids is 6. The van der Waals surface area contributed by atoms with Crippen LogP contribution >= 0.6 is 11.6 Å². The summed E-state index contributed by atoms with van der Waals surface area (Å²) < 4.78 is 0. The van der Waals surface area contributed by atoms with Crippen molar-refractivity contribution in [3.63, 3.8) is 0 Å². The third kappa shape index (κ3) is 8.15. The molecule has 1 aromatic heterocycles. The quantitative estimate of drug-likeness (QED) is 0.235. The van der Waals surface area contributed by atoms with Crippen LogP contribution in [0.25, 0.3) is 0 Å². The number of urea groups is 1. The van der Waals surface area contributed by atoms with Crippen LogP contribution in [0, 0.1) is 11.3 Å². The number of aromatic nitrogens is 2. The maximum Gasteiger partial charge on any atom is 0.348 e. The van der Waals surface area contributed by atoms with Gasteiger partial charge in [0, 0.05) is 75.4 Å². The summed E-state index contributed by atoms with van der Waals surface area (Å²) >= 11 is 6.66. The number of hydrogen-bond donors (Lipinski definition) is 3. The smallest absolute Gasteiger partial charge is 0.348 e. The van der Waals surface area contributed by atoms with Crippen molar-refractivity contribution < 1.29 is 33.6 Å². The highest BCUT2D eigenvalue weighted by Crippen LogP contribution is 2.42. The largest absolute Gasteiger partial charge is 0.371 e. The molecule has 3 aromatic rings. The van der Waals surface area contributed by atoms with Gasteiger partial charge in [-0.1, -0.05) is 17.7 Å². The van der Waals surface area contributed by atoms with Crippen LogP contribution in [0.5, 0.6) is 0 Å². The summed E-state index contributed by atoms with van der Waals surface area (Å²) in [5.74, 6) is -0.721. The molecule has 63 heavy (non-hydrogen) atoms. The number of amides is 7. The van der Waals surface area contributed by atoms with E-state index in [1.54, 1.807) is 23.2 Å². The summed E-state index contributed by atoms with van der Waals surface area (Å²) in [7, 11) is 1.51. The molecular formula is C44H52ClN11O7. The summed E-state index contributed by atoms with van der Waals surface area (Å²) in [5.41, 5.74) is 3.84. The minimum atomic E-state index is -0.991. The van der Waals surface area contributed by atoms with Gasteiger partial charge in [0.05, 0.1) is 35.2 Å². The number of imide groups is 2. The van der Waals surface area contributed by atoms with Crippen LogP contribution in [0.3, 0.4) is 0 Å². The molecule has 18 nitrogen and oxygen atoms in total. The third-order valence-electron chi connectivity index (χ3n) is 13.4. The van der Waals surface area contributed by atoms with E-state index < -0.39 is 29.7 Å². The van der Waals surface area contributed by atoms with Gasteiger partial charge in [-0.05, 0) is 88.7 Å². The SMILES string of the molecule is CNC(=O)CON1Cc2cc(Nc3nc(N4CCC5(CCN(CC6CCN(c7cccc8c7C(=O)N(C7CCC(=O)NC7=O)C8=O)CC6)C5)C4)ncc3Cl)ccc2N(C(C)C)C1=O. The lowest BCUT2D eigenvalue weighted by Crippen LogP contribution is -2.54. The molecule has 0 bridgehead atoms. The van der Waals surface area contributed by atoms with Crippen LogP contribution in [0.15, 0.2) is 42.6 Å². The van der Waals surface area contributed by atoms with E-state index in [-0.39, 0.29) is 49.4 Å². The zero-order valence-corrected chi connectivity index (χ0v) is 36.4. The van der Waals surface area contributed by atoms with Crippen molar-refractivity contribution in [3.8, 4) is 0 Å². The zero-order valence-electron chi connectivity index (χ0n) is 35.7. The number of halogens is 1. The van der Waals surface area contributed by atoms with Crippen molar-refractivity contribution in [2.45, 2.75) is 71.0 Å². The van der Waals surface area contributed by atoms with Gasteiger partial charge >= 0.3 is 6.03 Å². The average Bonchev–Trinajstić information content (AvgIpc) is 3.95. The first-order chi connectivity index (χ1) is 30.3. The number of anilines is 5. The Morgan fingerprint density at radius 1 is 0.968 bits per heavy atom. The molecule has 0 saturated carbocycles. The predicted octanol–water partition coefficient (Wildman–Crippen LogP) is 3.92. The van der Waals surface area contributed by atoms with Crippen molar-refractivity contribution in [2.75, 3.05) is 79.5 Å². The molecule has 3 N–H and O–H groups in total. The molecule has 6 aliphatic rings. The molecule has 7 amide bonds. The Bertz CT molecular complexity index is 2370. The van der Waals surface area contributed by atoms with E-state index in [1.807, 2.05) is 38.1 Å². The van der Waals surface area contributed by atoms with Crippen LogP contribution in [0.1, 0.15) is 78.7 Å². The van der Waals surface area contributed by atoms with Crippen molar-refractivity contribution in [3.05, 3.63) is 64.3 Å². The summed E-state index contributed by atoms with van der Waals surface area (Å²) in [6.07, 6.45) is 5.87. The first kappa shape index (κ1) is 42.5. The zero-order chi connectivity index (χ0) is 44.2. The van der Waals surface area contributed by atoms with E-state index in [2.05, 4.69) is 35.6 Å². The first-order valence-electron chi connectivity index (χ1n) is 21.7. The van der Waals surface area contributed by atoms with Crippen molar-refractivity contribution in [2.24, 2.45) is 11.3 Å². The van der Waals surface area contributed by atoms with Crippen molar-refractivity contribution in [1.82, 2.24) is 35.5 Å². The summed E-state index contributed by atoms with van der Waals surface area (Å²) in [6.45, 7) is 9.93. The highest BCUT2D eigenvalue weighted by atomic mass is 35.5. The van der Waals surface area contributed by atoms with Gasteiger partial charge in [-0.25, -0.2) is 9.78 Å². The van der Waals surface area contributed by atoms with Crippen LogP contribution in [0.2, 0.25) is 5.02 Å². The number of benzene rings is 2. The Hall–Kier alpha value is -5.85. The van der Waals surface area contributed by atoms with Crippen LogP contribution in [-0.4, -0.2) is 132 Å². The van der Waals surface area contributed by atoms with Crippen LogP contribution in [-0.2, 0) is 25.8 Å². The number of nitrogens with one attached hydrogen (secondary N) is 3. The third-order valence-corrected chi connectivity index (χ3v) is 13.6. The maximum atomic E-state index is 13.7. The van der Waals surface area contributed by atoms with E-state index in [0.717, 1.165) is 99.0 Å². The Labute approximate surface area is 370 Å². The Kier molecular flexibility index (Phi) is 11.5. The van der Waals surface area contributed by atoms with Crippen molar-refractivity contribution >= 4 is 76.0 Å². The lowest BCUT2D eigenvalue weighted by molar-refractivity contribution is -0.151. The van der Waals surface area contributed by atoms with E-state index in [4.69, 9.17) is 21.4 Å². The first-order valence-corrected chi connectivity index (χ1v) is 22.1. The summed E-state index contributed by atoms with van der Waals surface area (Å²) in [5, 5.41) is 9.73. The molecular weight excluding hydrogens is 830 g/mol. The number of likely N-dealkylation sites (N-methyl/N-ethyl adjacent to an activating group) is 1. The average molecular weight is 882 g/mol. The predicted molar refractivity (Wildman–Crippen MR) is 234 cm³/mol. The summed E-state index contributed by atoms with van der Waals surface area (Å²) in [6, 6.07) is 9.56. The molecule has 4 saturated heterocycles. The molecule has 2 unspecified atom stereocenters. The second kappa shape index (κ2) is 17.0. The van der Waals surface area contributed by atoms with Crippen molar-refractivity contribution in [1.29, 1.82) is 0 Å². The Morgan fingerprint density at radius 3 is 2.52 bits per heavy atom. The molecule has 7 heterocycles. The fraction of sp³-hybridized carbons (Fsp3) is 0.500. The second-order valence-corrected chi connectivity index (χ2v) is 18.2. The molecule has 0 radical (unpaired) electrons. The molecule has 2 atom stereocenters. The highest BCUT2D eigenvalue weighted by Gasteiger charge is 2.47. The molecule has 2 aromatic carbocycles. The normalized spacial score (nSPS) is 23.0.